The van der Waals surface area contributed by atoms with Gasteiger partial charge in [-0.25, -0.2) is 0 Å². The van der Waals surface area contributed by atoms with Crippen molar-refractivity contribution in [3.63, 3.8) is 0 Å². The van der Waals surface area contributed by atoms with Gasteiger partial charge in [-0.2, -0.15) is 0 Å². The fourth-order valence-electron chi connectivity index (χ4n) is 2.18. The van der Waals surface area contributed by atoms with Crippen molar-refractivity contribution in [1.82, 2.24) is 10.2 Å². The van der Waals surface area contributed by atoms with E-state index in [0.717, 1.165) is 45.9 Å². The van der Waals surface area contributed by atoms with Gasteiger partial charge in [0.1, 0.15) is 0 Å². The molecule has 0 spiro atoms. The third kappa shape index (κ3) is 4.82. The number of hydrogen-bond donors (Lipinski definition) is 1. The van der Waals surface area contributed by atoms with Crippen LogP contribution in [0.4, 0.5) is 5.69 Å². The Morgan fingerprint density at radius 1 is 1.16 bits per heavy atom. The van der Waals surface area contributed by atoms with Crippen LogP contribution in [0, 0.1) is 0 Å². The number of nitrogens with one attached hydrogen (secondary N) is 1. The average molecular weight is 263 g/mol. The molecule has 1 N–H and O–H groups in total. The smallest absolute Gasteiger partial charge is 0.0642 e. The van der Waals surface area contributed by atoms with Crippen LogP contribution in [0.5, 0.6) is 0 Å². The molecule has 0 aliphatic carbocycles. The Hall–Kier alpha value is -1.10. The number of morpholine rings is 1. The van der Waals surface area contributed by atoms with Crippen molar-refractivity contribution in [3.8, 4) is 0 Å². The Bertz CT molecular complexity index is 358. The van der Waals surface area contributed by atoms with Crippen LogP contribution in [0.25, 0.3) is 0 Å². The molecule has 106 valence electrons. The molecule has 0 unspecified atom stereocenters. The molecular weight excluding hydrogens is 238 g/mol. The molecule has 1 saturated heterocycles. The van der Waals surface area contributed by atoms with Crippen molar-refractivity contribution in [2.75, 3.05) is 58.4 Å². The lowest BCUT2D eigenvalue weighted by Crippen LogP contribution is -2.36. The number of ether oxygens (including phenoxy) is 1. The number of benzene rings is 1. The van der Waals surface area contributed by atoms with Crippen LogP contribution in [-0.2, 0) is 11.3 Å². The lowest BCUT2D eigenvalue weighted by Gasteiger charge is -2.28. The Kier molecular flexibility index (Phi) is 5.63. The number of hydrogen-bond acceptors (Lipinski definition) is 4. The third-order valence-corrected chi connectivity index (χ3v) is 3.38. The third-order valence-electron chi connectivity index (χ3n) is 3.38. The summed E-state index contributed by atoms with van der Waals surface area (Å²) in [5.74, 6) is 0. The quantitative estimate of drug-likeness (QED) is 0.780. The fraction of sp³-hybridized carbons (Fsp3) is 0.600. The summed E-state index contributed by atoms with van der Waals surface area (Å²) in [5.41, 5.74) is 2.65. The molecule has 1 aromatic rings. The van der Waals surface area contributed by atoms with Crippen LogP contribution >= 0.6 is 0 Å². The molecule has 0 bridgehead atoms. The number of rotatable bonds is 6. The van der Waals surface area contributed by atoms with Gasteiger partial charge < -0.3 is 19.9 Å². The van der Waals surface area contributed by atoms with Gasteiger partial charge in [0.2, 0.25) is 0 Å². The minimum Gasteiger partial charge on any atom is -0.378 e. The SMILES string of the molecule is CN(C)CCNCc1ccc(N2CCOCC2)cc1. The van der Waals surface area contributed by atoms with Crippen molar-refractivity contribution in [2.24, 2.45) is 0 Å². The van der Waals surface area contributed by atoms with Gasteiger partial charge in [-0.15, -0.1) is 0 Å². The van der Waals surface area contributed by atoms with Crippen molar-refractivity contribution in [1.29, 1.82) is 0 Å². The van der Waals surface area contributed by atoms with E-state index in [0.29, 0.717) is 0 Å². The highest BCUT2D eigenvalue weighted by atomic mass is 16.5. The molecule has 0 atom stereocenters. The van der Waals surface area contributed by atoms with Crippen molar-refractivity contribution in [3.05, 3.63) is 29.8 Å². The number of nitrogens with zero attached hydrogens (tertiary/aromatic N) is 2. The molecule has 0 saturated carbocycles. The topological polar surface area (TPSA) is 27.7 Å². The Labute approximate surface area is 116 Å². The summed E-state index contributed by atoms with van der Waals surface area (Å²) in [6.45, 7) is 6.73. The monoisotopic (exact) mass is 263 g/mol. The molecule has 1 aliphatic rings. The van der Waals surface area contributed by atoms with Crippen molar-refractivity contribution in [2.45, 2.75) is 6.54 Å². The van der Waals surface area contributed by atoms with Gasteiger partial charge in [-0.05, 0) is 31.8 Å². The highest BCUT2D eigenvalue weighted by Crippen LogP contribution is 2.16. The summed E-state index contributed by atoms with van der Waals surface area (Å²) >= 11 is 0. The summed E-state index contributed by atoms with van der Waals surface area (Å²) < 4.78 is 5.37. The van der Waals surface area contributed by atoms with Crippen LogP contribution in [0.1, 0.15) is 5.56 Å². The lowest BCUT2D eigenvalue weighted by molar-refractivity contribution is 0.122. The van der Waals surface area contributed by atoms with Crippen LogP contribution < -0.4 is 10.2 Å². The molecule has 4 nitrogen and oxygen atoms in total. The number of likely N-dealkylation sites (N-methyl/N-ethyl adjacent to an activating group) is 1. The highest BCUT2D eigenvalue weighted by molar-refractivity contribution is 5.47. The molecule has 0 aromatic heterocycles. The van der Waals surface area contributed by atoms with E-state index in [1.165, 1.54) is 11.3 Å². The molecular formula is C15H25N3O. The first-order valence-corrected chi connectivity index (χ1v) is 7.03. The van der Waals surface area contributed by atoms with E-state index in [9.17, 15) is 0 Å². The standard InChI is InChI=1S/C15H25N3O/c1-17(2)8-7-16-13-14-3-5-15(6-4-14)18-9-11-19-12-10-18/h3-6,16H,7-13H2,1-2H3. The van der Waals surface area contributed by atoms with E-state index in [-0.39, 0.29) is 0 Å². The zero-order chi connectivity index (χ0) is 13.5. The van der Waals surface area contributed by atoms with Gasteiger partial charge in [0.25, 0.3) is 0 Å². The van der Waals surface area contributed by atoms with Gasteiger partial charge in [-0.1, -0.05) is 12.1 Å². The van der Waals surface area contributed by atoms with E-state index < -0.39 is 0 Å². The predicted molar refractivity (Wildman–Crippen MR) is 79.7 cm³/mol. The second-order valence-electron chi connectivity index (χ2n) is 5.25. The molecule has 1 fully saturated rings. The van der Waals surface area contributed by atoms with Crippen molar-refractivity contribution < 1.29 is 4.74 Å². The van der Waals surface area contributed by atoms with Gasteiger partial charge >= 0.3 is 0 Å². The summed E-state index contributed by atoms with van der Waals surface area (Å²) in [5, 5.41) is 3.46. The van der Waals surface area contributed by atoms with Crippen LogP contribution in [0.3, 0.4) is 0 Å². The summed E-state index contributed by atoms with van der Waals surface area (Å²) in [7, 11) is 4.19. The van der Waals surface area contributed by atoms with Gasteiger partial charge in [0, 0.05) is 38.4 Å². The van der Waals surface area contributed by atoms with E-state index in [1.807, 2.05) is 0 Å². The van der Waals surface area contributed by atoms with Crippen LogP contribution in [0.15, 0.2) is 24.3 Å². The predicted octanol–water partition coefficient (Wildman–Crippen LogP) is 1.17. The molecule has 2 rings (SSSR count). The van der Waals surface area contributed by atoms with E-state index in [4.69, 9.17) is 4.74 Å². The lowest BCUT2D eigenvalue weighted by atomic mass is 10.2. The fourth-order valence-corrected chi connectivity index (χ4v) is 2.18. The average Bonchev–Trinajstić information content (AvgIpc) is 2.45. The molecule has 1 aliphatic heterocycles. The normalized spacial score (nSPS) is 16.1. The van der Waals surface area contributed by atoms with E-state index in [2.05, 4.69) is 53.5 Å². The second kappa shape index (κ2) is 7.48. The van der Waals surface area contributed by atoms with Crippen LogP contribution in [0.2, 0.25) is 0 Å². The van der Waals surface area contributed by atoms with Gasteiger partial charge in [-0.3, -0.25) is 0 Å². The molecule has 0 radical (unpaired) electrons. The molecule has 4 heteroatoms. The zero-order valence-electron chi connectivity index (χ0n) is 12.1. The van der Waals surface area contributed by atoms with Gasteiger partial charge in [0.15, 0.2) is 0 Å². The zero-order valence-corrected chi connectivity index (χ0v) is 12.1. The molecule has 19 heavy (non-hydrogen) atoms. The molecule has 1 heterocycles. The van der Waals surface area contributed by atoms with E-state index >= 15 is 0 Å². The van der Waals surface area contributed by atoms with Crippen LogP contribution in [-0.4, -0.2) is 58.4 Å². The maximum absolute atomic E-state index is 5.37. The summed E-state index contributed by atoms with van der Waals surface area (Å²) in [6, 6.07) is 8.86. The maximum atomic E-state index is 5.37. The van der Waals surface area contributed by atoms with E-state index in [1.54, 1.807) is 0 Å². The largest absolute Gasteiger partial charge is 0.378 e. The maximum Gasteiger partial charge on any atom is 0.0642 e. The van der Waals surface area contributed by atoms with Gasteiger partial charge in [0.05, 0.1) is 13.2 Å². The summed E-state index contributed by atoms with van der Waals surface area (Å²) in [4.78, 5) is 4.57. The summed E-state index contributed by atoms with van der Waals surface area (Å²) in [6.07, 6.45) is 0. The first kappa shape index (κ1) is 14.3. The first-order chi connectivity index (χ1) is 9.25. The Balaban J connectivity index is 1.77. The minimum atomic E-state index is 0.841. The first-order valence-electron chi connectivity index (χ1n) is 7.03. The Morgan fingerprint density at radius 2 is 1.84 bits per heavy atom. The molecule has 0 amide bonds. The second-order valence-corrected chi connectivity index (χ2v) is 5.25. The molecule has 1 aromatic carbocycles. The minimum absolute atomic E-state index is 0.841. The number of anilines is 1. The highest BCUT2D eigenvalue weighted by Gasteiger charge is 2.10. The van der Waals surface area contributed by atoms with Crippen molar-refractivity contribution >= 4 is 5.69 Å². The Morgan fingerprint density at radius 3 is 2.47 bits per heavy atom.